The van der Waals surface area contributed by atoms with Gasteiger partial charge in [0.25, 0.3) is 0 Å². The highest BCUT2D eigenvalue weighted by Gasteiger charge is 2.17. The number of likely N-dealkylation sites (tertiary alicyclic amines) is 1. The number of imidazole rings is 1. The molecule has 1 aromatic rings. The third-order valence-corrected chi connectivity index (χ3v) is 2.12. The van der Waals surface area contributed by atoms with Crippen molar-refractivity contribution < 1.29 is 4.79 Å². The summed E-state index contributed by atoms with van der Waals surface area (Å²) in [5, 5.41) is 2.68. The van der Waals surface area contributed by atoms with Crippen LogP contribution in [-0.2, 0) is 0 Å². The van der Waals surface area contributed by atoms with Crippen molar-refractivity contribution in [1.29, 1.82) is 0 Å². The van der Waals surface area contributed by atoms with Crippen LogP contribution in [0.3, 0.4) is 0 Å². The van der Waals surface area contributed by atoms with E-state index in [9.17, 15) is 4.79 Å². The van der Waals surface area contributed by atoms with Crippen LogP contribution in [0.4, 0.5) is 10.7 Å². The van der Waals surface area contributed by atoms with Crippen molar-refractivity contribution in [3.63, 3.8) is 0 Å². The van der Waals surface area contributed by atoms with Crippen LogP contribution in [0.2, 0.25) is 0 Å². The number of H-pyrrole nitrogens is 1. The third-order valence-electron chi connectivity index (χ3n) is 2.12. The van der Waals surface area contributed by atoms with Crippen LogP contribution in [0.25, 0.3) is 0 Å². The summed E-state index contributed by atoms with van der Waals surface area (Å²) in [5.74, 6) is 0.511. The Labute approximate surface area is 76.2 Å². The van der Waals surface area contributed by atoms with Crippen molar-refractivity contribution in [3.8, 4) is 0 Å². The van der Waals surface area contributed by atoms with Crippen LogP contribution in [0.1, 0.15) is 12.8 Å². The van der Waals surface area contributed by atoms with E-state index in [1.54, 1.807) is 17.3 Å². The first-order chi connectivity index (χ1) is 6.36. The van der Waals surface area contributed by atoms with Crippen molar-refractivity contribution in [3.05, 3.63) is 12.4 Å². The molecule has 2 amide bonds. The summed E-state index contributed by atoms with van der Waals surface area (Å²) >= 11 is 0. The minimum atomic E-state index is -0.0625. The molecule has 1 aliphatic rings. The van der Waals surface area contributed by atoms with E-state index in [0.717, 1.165) is 25.9 Å². The van der Waals surface area contributed by atoms with Crippen LogP contribution < -0.4 is 5.32 Å². The van der Waals surface area contributed by atoms with Gasteiger partial charge in [-0.05, 0) is 12.8 Å². The second kappa shape index (κ2) is 3.47. The Morgan fingerprint density at radius 1 is 1.54 bits per heavy atom. The van der Waals surface area contributed by atoms with Crippen molar-refractivity contribution in [2.45, 2.75) is 12.8 Å². The molecule has 1 aromatic heterocycles. The molecule has 0 saturated carbocycles. The lowest BCUT2D eigenvalue weighted by Crippen LogP contribution is -2.32. The van der Waals surface area contributed by atoms with E-state index in [4.69, 9.17) is 0 Å². The number of carbonyl (C=O) groups excluding carboxylic acids is 1. The molecule has 0 radical (unpaired) electrons. The fourth-order valence-electron chi connectivity index (χ4n) is 1.43. The van der Waals surface area contributed by atoms with Crippen molar-refractivity contribution in [1.82, 2.24) is 14.9 Å². The van der Waals surface area contributed by atoms with Crippen molar-refractivity contribution in [2.75, 3.05) is 18.4 Å². The predicted octanol–water partition coefficient (Wildman–Crippen LogP) is 1.04. The van der Waals surface area contributed by atoms with E-state index in [1.165, 1.54) is 0 Å². The van der Waals surface area contributed by atoms with Crippen LogP contribution >= 0.6 is 0 Å². The molecule has 0 aromatic carbocycles. The van der Waals surface area contributed by atoms with Gasteiger partial charge < -0.3 is 9.88 Å². The molecule has 70 valence electrons. The number of aromatic amines is 1. The van der Waals surface area contributed by atoms with Gasteiger partial charge in [0, 0.05) is 25.5 Å². The fourth-order valence-corrected chi connectivity index (χ4v) is 1.43. The summed E-state index contributed by atoms with van der Waals surface area (Å²) in [4.78, 5) is 20.0. The number of amides is 2. The molecular formula is C8H12N4O. The number of hydrogen-bond acceptors (Lipinski definition) is 2. The average molecular weight is 180 g/mol. The molecule has 0 atom stereocenters. The lowest BCUT2D eigenvalue weighted by atomic mass is 10.4. The predicted molar refractivity (Wildman–Crippen MR) is 48.4 cm³/mol. The number of aromatic nitrogens is 2. The van der Waals surface area contributed by atoms with Gasteiger partial charge >= 0.3 is 6.03 Å². The Bertz CT molecular complexity index is 276. The summed E-state index contributed by atoms with van der Waals surface area (Å²) in [6.45, 7) is 1.71. The first-order valence-corrected chi connectivity index (χ1v) is 4.41. The number of hydrogen-bond donors (Lipinski definition) is 2. The van der Waals surface area contributed by atoms with E-state index < -0.39 is 0 Å². The van der Waals surface area contributed by atoms with Gasteiger partial charge in [-0.25, -0.2) is 9.78 Å². The van der Waals surface area contributed by atoms with Gasteiger partial charge in [-0.3, -0.25) is 5.32 Å². The molecule has 2 rings (SSSR count). The van der Waals surface area contributed by atoms with E-state index in [1.807, 2.05) is 0 Å². The zero-order chi connectivity index (χ0) is 9.10. The maximum Gasteiger partial charge on any atom is 0.324 e. The molecular weight excluding hydrogens is 168 g/mol. The molecule has 2 heterocycles. The number of nitrogens with one attached hydrogen (secondary N) is 2. The molecule has 13 heavy (non-hydrogen) atoms. The minimum Gasteiger partial charge on any atom is -0.331 e. The number of anilines is 1. The Morgan fingerprint density at radius 3 is 2.92 bits per heavy atom. The zero-order valence-corrected chi connectivity index (χ0v) is 7.29. The molecule has 2 N–H and O–H groups in total. The van der Waals surface area contributed by atoms with Crippen molar-refractivity contribution in [2.24, 2.45) is 0 Å². The van der Waals surface area contributed by atoms with Gasteiger partial charge in [-0.1, -0.05) is 0 Å². The summed E-state index contributed by atoms with van der Waals surface area (Å²) in [6, 6.07) is -0.0625. The van der Waals surface area contributed by atoms with E-state index in [2.05, 4.69) is 15.3 Å². The van der Waals surface area contributed by atoms with Gasteiger partial charge in [0.1, 0.15) is 0 Å². The van der Waals surface area contributed by atoms with Gasteiger partial charge in [0.05, 0.1) is 0 Å². The molecule has 1 aliphatic heterocycles. The van der Waals surface area contributed by atoms with Crippen LogP contribution in [0.15, 0.2) is 12.4 Å². The highest BCUT2D eigenvalue weighted by atomic mass is 16.2. The topological polar surface area (TPSA) is 61.0 Å². The molecule has 5 nitrogen and oxygen atoms in total. The molecule has 1 fully saturated rings. The highest BCUT2D eigenvalue weighted by Crippen LogP contribution is 2.08. The average Bonchev–Trinajstić information content (AvgIpc) is 2.74. The summed E-state index contributed by atoms with van der Waals surface area (Å²) < 4.78 is 0. The summed E-state index contributed by atoms with van der Waals surface area (Å²) in [6.07, 6.45) is 5.50. The quantitative estimate of drug-likeness (QED) is 0.678. The summed E-state index contributed by atoms with van der Waals surface area (Å²) in [5.41, 5.74) is 0. The van der Waals surface area contributed by atoms with Crippen LogP contribution in [0, 0.1) is 0 Å². The lowest BCUT2D eigenvalue weighted by Gasteiger charge is -2.14. The number of rotatable bonds is 1. The minimum absolute atomic E-state index is 0.0625. The number of carbonyl (C=O) groups is 1. The maximum absolute atomic E-state index is 11.5. The van der Waals surface area contributed by atoms with E-state index in [0.29, 0.717) is 5.95 Å². The fraction of sp³-hybridized carbons (Fsp3) is 0.500. The first kappa shape index (κ1) is 8.10. The molecule has 1 saturated heterocycles. The second-order valence-electron chi connectivity index (χ2n) is 3.06. The smallest absolute Gasteiger partial charge is 0.324 e. The molecule has 5 heteroatoms. The molecule has 0 unspecified atom stereocenters. The Balaban J connectivity index is 1.91. The monoisotopic (exact) mass is 180 g/mol. The second-order valence-corrected chi connectivity index (χ2v) is 3.06. The Morgan fingerprint density at radius 2 is 2.31 bits per heavy atom. The largest absolute Gasteiger partial charge is 0.331 e. The maximum atomic E-state index is 11.5. The standard InChI is InChI=1S/C8H12N4O/c13-8(12-5-1-2-6-12)11-7-9-3-4-10-7/h3-4H,1-2,5-6H2,(H2,9,10,11,13). The van der Waals surface area contributed by atoms with Crippen molar-refractivity contribution >= 4 is 12.0 Å². The normalized spacial score (nSPS) is 16.2. The van der Waals surface area contributed by atoms with Gasteiger partial charge in [-0.2, -0.15) is 0 Å². The SMILES string of the molecule is O=C(Nc1ncc[nH]1)N1CCCC1. The Kier molecular flexibility index (Phi) is 2.16. The van der Waals surface area contributed by atoms with Crippen LogP contribution in [-0.4, -0.2) is 34.0 Å². The lowest BCUT2D eigenvalue weighted by molar-refractivity contribution is 0.222. The Hall–Kier alpha value is -1.52. The third kappa shape index (κ3) is 1.80. The molecule has 0 spiro atoms. The number of urea groups is 1. The van der Waals surface area contributed by atoms with Gasteiger partial charge in [0.2, 0.25) is 5.95 Å². The summed E-state index contributed by atoms with van der Waals surface area (Å²) in [7, 11) is 0. The first-order valence-electron chi connectivity index (χ1n) is 4.41. The number of nitrogens with zero attached hydrogens (tertiary/aromatic N) is 2. The molecule has 0 aliphatic carbocycles. The van der Waals surface area contributed by atoms with Crippen LogP contribution in [0.5, 0.6) is 0 Å². The van der Waals surface area contributed by atoms with E-state index >= 15 is 0 Å². The van der Waals surface area contributed by atoms with E-state index in [-0.39, 0.29) is 6.03 Å². The zero-order valence-electron chi connectivity index (χ0n) is 7.29. The highest BCUT2D eigenvalue weighted by molar-refractivity contribution is 5.87. The van der Waals surface area contributed by atoms with Gasteiger partial charge in [0.15, 0.2) is 0 Å². The van der Waals surface area contributed by atoms with Gasteiger partial charge in [-0.15, -0.1) is 0 Å². The molecule has 0 bridgehead atoms.